The van der Waals surface area contributed by atoms with Crippen molar-refractivity contribution in [1.29, 1.82) is 0 Å². The van der Waals surface area contributed by atoms with Gasteiger partial charge >= 0.3 is 0 Å². The summed E-state index contributed by atoms with van der Waals surface area (Å²) in [6.07, 6.45) is 8.19. The van der Waals surface area contributed by atoms with Gasteiger partial charge in [0, 0.05) is 31.6 Å². The molecule has 2 heterocycles. The summed E-state index contributed by atoms with van der Waals surface area (Å²) in [5.41, 5.74) is 7.64. The highest BCUT2D eigenvalue weighted by Gasteiger charge is 2.04. The lowest BCUT2D eigenvalue weighted by Crippen LogP contribution is -2.06. The van der Waals surface area contributed by atoms with Crippen LogP contribution in [0, 0.1) is 0 Å². The van der Waals surface area contributed by atoms with Crippen LogP contribution in [-0.4, -0.2) is 25.9 Å². The monoisotopic (exact) mass is 191 g/mol. The predicted octanol–water partition coefficient (Wildman–Crippen LogP) is 0.107. The van der Waals surface area contributed by atoms with Crippen molar-refractivity contribution in [2.45, 2.75) is 6.42 Å². The van der Waals surface area contributed by atoms with Crippen LogP contribution < -0.4 is 5.73 Å². The predicted molar refractivity (Wildman–Crippen MR) is 53.1 cm³/mol. The lowest BCUT2D eigenvalue weighted by Gasteiger charge is -2.02. The van der Waals surface area contributed by atoms with E-state index in [0.717, 1.165) is 17.8 Å². The van der Waals surface area contributed by atoms with Crippen LogP contribution in [0.25, 0.3) is 5.69 Å². The largest absolute Gasteiger partial charge is 0.330 e. The highest BCUT2D eigenvalue weighted by atomic mass is 15.3. The fourth-order valence-corrected chi connectivity index (χ4v) is 1.42. The van der Waals surface area contributed by atoms with Gasteiger partial charge < -0.3 is 10.3 Å². The maximum atomic E-state index is 5.51. The topological polar surface area (TPSA) is 61.7 Å². The maximum absolute atomic E-state index is 5.51. The molecule has 0 saturated heterocycles. The first-order chi connectivity index (χ1) is 6.81. The second-order valence-electron chi connectivity index (χ2n) is 3.17. The van der Waals surface area contributed by atoms with E-state index in [-0.39, 0.29) is 0 Å². The molecule has 0 atom stereocenters. The molecule has 74 valence electrons. The normalized spacial score (nSPS) is 10.7. The van der Waals surface area contributed by atoms with Crippen LogP contribution in [0.3, 0.4) is 0 Å². The molecule has 0 aliphatic carbocycles. The molecule has 0 aliphatic heterocycles. The van der Waals surface area contributed by atoms with E-state index < -0.39 is 0 Å². The molecule has 0 amide bonds. The fraction of sp³-hybridized carbons (Fsp3) is 0.333. The van der Waals surface area contributed by atoms with Gasteiger partial charge in [-0.15, -0.1) is 0 Å². The Morgan fingerprint density at radius 1 is 1.43 bits per heavy atom. The van der Waals surface area contributed by atoms with Crippen LogP contribution in [-0.2, 0) is 13.5 Å². The molecule has 0 aliphatic rings. The first-order valence-electron chi connectivity index (χ1n) is 4.51. The molecule has 2 aromatic heterocycles. The van der Waals surface area contributed by atoms with Crippen molar-refractivity contribution in [2.24, 2.45) is 12.8 Å². The van der Waals surface area contributed by atoms with Gasteiger partial charge in [0.15, 0.2) is 0 Å². The van der Waals surface area contributed by atoms with E-state index in [2.05, 4.69) is 10.1 Å². The molecule has 2 aromatic rings. The molecule has 2 rings (SSSR count). The molecule has 0 unspecified atom stereocenters. The number of nitrogens with zero attached hydrogens (tertiary/aromatic N) is 4. The number of hydrogen-bond donors (Lipinski definition) is 1. The quantitative estimate of drug-likeness (QED) is 0.748. The second kappa shape index (κ2) is 3.63. The average molecular weight is 191 g/mol. The van der Waals surface area contributed by atoms with Gasteiger partial charge in [-0.25, -0.2) is 4.98 Å². The Hall–Kier alpha value is -1.62. The zero-order chi connectivity index (χ0) is 9.97. The van der Waals surface area contributed by atoms with Crippen molar-refractivity contribution in [1.82, 2.24) is 19.3 Å². The van der Waals surface area contributed by atoms with Gasteiger partial charge in [-0.05, 0) is 6.54 Å². The SMILES string of the molecule is Cn1cc(-n2cncc2CCN)cn1. The van der Waals surface area contributed by atoms with Gasteiger partial charge in [0.05, 0.1) is 18.2 Å². The van der Waals surface area contributed by atoms with Gasteiger partial charge in [0.2, 0.25) is 0 Å². The summed E-state index contributed by atoms with van der Waals surface area (Å²) < 4.78 is 3.77. The molecular weight excluding hydrogens is 178 g/mol. The molecule has 5 nitrogen and oxygen atoms in total. The minimum absolute atomic E-state index is 0.631. The average Bonchev–Trinajstić information content (AvgIpc) is 2.74. The zero-order valence-electron chi connectivity index (χ0n) is 8.09. The summed E-state index contributed by atoms with van der Waals surface area (Å²) in [4.78, 5) is 4.10. The molecule has 5 heteroatoms. The van der Waals surface area contributed by atoms with E-state index in [1.165, 1.54) is 0 Å². The highest BCUT2D eigenvalue weighted by molar-refractivity contribution is 5.28. The van der Waals surface area contributed by atoms with E-state index in [9.17, 15) is 0 Å². The molecule has 0 fully saturated rings. The molecule has 0 bridgehead atoms. The van der Waals surface area contributed by atoms with Crippen LogP contribution >= 0.6 is 0 Å². The fourth-order valence-electron chi connectivity index (χ4n) is 1.42. The molecular formula is C9H13N5. The first kappa shape index (κ1) is 8.96. The Bertz CT molecular complexity index is 414. The van der Waals surface area contributed by atoms with Crippen molar-refractivity contribution >= 4 is 0 Å². The van der Waals surface area contributed by atoms with Crippen molar-refractivity contribution in [3.8, 4) is 5.69 Å². The zero-order valence-corrected chi connectivity index (χ0v) is 8.09. The summed E-state index contributed by atoms with van der Waals surface area (Å²) in [5, 5.41) is 4.11. The molecule has 14 heavy (non-hydrogen) atoms. The highest BCUT2D eigenvalue weighted by Crippen LogP contribution is 2.09. The molecule has 0 spiro atoms. The standard InChI is InChI=1S/C9H13N5/c1-13-6-9(5-12-13)14-7-11-4-8(14)2-3-10/h4-7H,2-3,10H2,1H3. The third-order valence-electron chi connectivity index (χ3n) is 2.09. The van der Waals surface area contributed by atoms with E-state index in [0.29, 0.717) is 6.54 Å². The maximum Gasteiger partial charge on any atom is 0.0995 e. The summed E-state index contributed by atoms with van der Waals surface area (Å²) in [6.45, 7) is 0.631. The summed E-state index contributed by atoms with van der Waals surface area (Å²) in [5.74, 6) is 0. The van der Waals surface area contributed by atoms with Gasteiger partial charge in [-0.1, -0.05) is 0 Å². The number of hydrogen-bond acceptors (Lipinski definition) is 3. The number of imidazole rings is 1. The Morgan fingerprint density at radius 2 is 2.29 bits per heavy atom. The lowest BCUT2D eigenvalue weighted by molar-refractivity contribution is 0.766. The lowest BCUT2D eigenvalue weighted by atomic mass is 10.3. The number of aryl methyl sites for hydroxylation is 1. The summed E-state index contributed by atoms with van der Waals surface area (Å²) >= 11 is 0. The van der Waals surface area contributed by atoms with Crippen molar-refractivity contribution in [3.05, 3.63) is 30.6 Å². The molecule has 0 radical (unpaired) electrons. The van der Waals surface area contributed by atoms with Crippen LogP contribution in [0.4, 0.5) is 0 Å². The van der Waals surface area contributed by atoms with Crippen molar-refractivity contribution in [2.75, 3.05) is 6.54 Å². The van der Waals surface area contributed by atoms with Crippen LogP contribution in [0.5, 0.6) is 0 Å². The van der Waals surface area contributed by atoms with Gasteiger partial charge in [-0.3, -0.25) is 4.68 Å². The van der Waals surface area contributed by atoms with Crippen LogP contribution in [0.2, 0.25) is 0 Å². The van der Waals surface area contributed by atoms with Gasteiger partial charge in [0.1, 0.15) is 0 Å². The second-order valence-corrected chi connectivity index (χ2v) is 3.17. The third kappa shape index (κ3) is 1.54. The Labute approximate surface area is 82.2 Å². The molecule has 0 aromatic carbocycles. The van der Waals surface area contributed by atoms with E-state index in [1.54, 1.807) is 11.0 Å². The number of rotatable bonds is 3. The van der Waals surface area contributed by atoms with Crippen molar-refractivity contribution in [3.63, 3.8) is 0 Å². The minimum atomic E-state index is 0.631. The van der Waals surface area contributed by atoms with Crippen LogP contribution in [0.15, 0.2) is 24.9 Å². The van der Waals surface area contributed by atoms with E-state index in [1.807, 2.05) is 30.2 Å². The van der Waals surface area contributed by atoms with E-state index in [4.69, 9.17) is 5.73 Å². The smallest absolute Gasteiger partial charge is 0.0995 e. The van der Waals surface area contributed by atoms with Crippen molar-refractivity contribution < 1.29 is 0 Å². The Morgan fingerprint density at radius 3 is 2.93 bits per heavy atom. The Kier molecular flexibility index (Phi) is 2.32. The van der Waals surface area contributed by atoms with E-state index >= 15 is 0 Å². The summed E-state index contributed by atoms with van der Waals surface area (Å²) in [6, 6.07) is 0. The third-order valence-corrected chi connectivity index (χ3v) is 2.09. The van der Waals surface area contributed by atoms with Crippen LogP contribution in [0.1, 0.15) is 5.69 Å². The Balaban J connectivity index is 2.36. The number of nitrogens with two attached hydrogens (primary N) is 1. The van der Waals surface area contributed by atoms with Gasteiger partial charge in [-0.2, -0.15) is 5.10 Å². The summed E-state index contributed by atoms with van der Waals surface area (Å²) in [7, 11) is 1.89. The molecule has 2 N–H and O–H groups in total. The molecule has 0 saturated carbocycles. The van der Waals surface area contributed by atoms with Gasteiger partial charge in [0.25, 0.3) is 0 Å². The number of aromatic nitrogens is 4. The first-order valence-corrected chi connectivity index (χ1v) is 4.51. The minimum Gasteiger partial charge on any atom is -0.330 e.